The summed E-state index contributed by atoms with van der Waals surface area (Å²) in [5, 5.41) is 10.9. The van der Waals surface area contributed by atoms with E-state index in [1.165, 1.54) is 6.07 Å². The molecule has 0 bridgehead atoms. The first kappa shape index (κ1) is 17.7. The Morgan fingerprint density at radius 2 is 1.58 bits per heavy atom. The molecule has 0 saturated heterocycles. The molecule has 130 valence electrons. The Hall–Kier alpha value is -3.11. The van der Waals surface area contributed by atoms with Gasteiger partial charge in [0.15, 0.2) is 0 Å². The number of ether oxygens (including phenoxy) is 1. The van der Waals surface area contributed by atoms with Crippen LogP contribution in [-0.4, -0.2) is 4.92 Å². The lowest BCUT2D eigenvalue weighted by atomic mass is 10.1. The van der Waals surface area contributed by atoms with E-state index in [0.717, 1.165) is 22.4 Å². The minimum Gasteiger partial charge on any atom is -0.489 e. The van der Waals surface area contributed by atoms with E-state index in [0.29, 0.717) is 6.61 Å². The fourth-order valence-electron chi connectivity index (χ4n) is 2.38. The monoisotopic (exact) mass is 365 g/mol. The molecule has 0 aliphatic carbocycles. The zero-order valence-electron chi connectivity index (χ0n) is 13.8. The van der Waals surface area contributed by atoms with Gasteiger partial charge in [0.2, 0.25) is 0 Å². The molecular weight excluding hydrogens is 350 g/mol. The molecule has 0 atom stereocenters. The van der Waals surface area contributed by atoms with Crippen molar-refractivity contribution in [2.45, 2.75) is 6.61 Å². The number of hydrogen-bond donors (Lipinski definition) is 0. The zero-order chi connectivity index (χ0) is 18.4. The van der Waals surface area contributed by atoms with Gasteiger partial charge >= 0.3 is 0 Å². The van der Waals surface area contributed by atoms with Gasteiger partial charge in [-0.1, -0.05) is 66.2 Å². The topological polar surface area (TPSA) is 52.4 Å². The van der Waals surface area contributed by atoms with Gasteiger partial charge in [-0.3, -0.25) is 10.1 Å². The molecule has 0 amide bonds. The van der Waals surface area contributed by atoms with E-state index < -0.39 is 4.92 Å². The fraction of sp³-hybridized carbons (Fsp3) is 0.0476. The maximum absolute atomic E-state index is 10.8. The van der Waals surface area contributed by atoms with Crippen molar-refractivity contribution in [2.24, 2.45) is 0 Å². The summed E-state index contributed by atoms with van der Waals surface area (Å²) >= 11 is 5.92. The van der Waals surface area contributed by atoms with Gasteiger partial charge in [-0.25, -0.2) is 0 Å². The second kappa shape index (κ2) is 8.32. The lowest BCUT2D eigenvalue weighted by Gasteiger charge is -2.06. The highest BCUT2D eigenvalue weighted by Crippen LogP contribution is 2.26. The number of nitrogens with zero attached hydrogens (tertiary/aromatic N) is 1. The predicted molar refractivity (Wildman–Crippen MR) is 104 cm³/mol. The molecular formula is C21H16ClNO3. The van der Waals surface area contributed by atoms with Crippen molar-refractivity contribution in [2.75, 3.05) is 0 Å². The summed E-state index contributed by atoms with van der Waals surface area (Å²) in [6.07, 6.45) is 3.77. The first-order valence-electron chi connectivity index (χ1n) is 8.00. The van der Waals surface area contributed by atoms with Crippen LogP contribution in [0.15, 0.2) is 72.8 Å². The molecule has 0 saturated carbocycles. The Balaban J connectivity index is 1.62. The van der Waals surface area contributed by atoms with E-state index in [4.69, 9.17) is 16.3 Å². The molecule has 0 N–H and O–H groups in total. The highest BCUT2D eigenvalue weighted by atomic mass is 35.5. The summed E-state index contributed by atoms with van der Waals surface area (Å²) < 4.78 is 5.76. The van der Waals surface area contributed by atoms with Crippen LogP contribution in [0.4, 0.5) is 5.69 Å². The molecule has 5 heteroatoms. The number of nitro groups is 1. The lowest BCUT2D eigenvalue weighted by Crippen LogP contribution is -1.94. The maximum atomic E-state index is 10.8. The van der Waals surface area contributed by atoms with E-state index in [1.54, 1.807) is 12.1 Å². The second-order valence-electron chi connectivity index (χ2n) is 5.64. The van der Waals surface area contributed by atoms with Gasteiger partial charge in [0.1, 0.15) is 17.4 Å². The molecule has 0 spiro atoms. The van der Waals surface area contributed by atoms with Crippen LogP contribution in [0, 0.1) is 10.1 Å². The lowest BCUT2D eigenvalue weighted by molar-refractivity contribution is -0.384. The van der Waals surface area contributed by atoms with Gasteiger partial charge in [-0.05, 0) is 41.0 Å². The Bertz CT molecular complexity index is 922. The van der Waals surface area contributed by atoms with E-state index >= 15 is 0 Å². The summed E-state index contributed by atoms with van der Waals surface area (Å²) in [5.74, 6) is 0.796. The van der Waals surface area contributed by atoms with Crippen LogP contribution in [-0.2, 0) is 6.61 Å². The Labute approximate surface area is 156 Å². The minimum absolute atomic E-state index is 0.0938. The Kier molecular flexibility index (Phi) is 5.66. The van der Waals surface area contributed by atoms with Gasteiger partial charge in [0.05, 0.1) is 4.92 Å². The fourth-order valence-corrected chi connectivity index (χ4v) is 2.64. The molecule has 0 aromatic heterocycles. The van der Waals surface area contributed by atoms with Crippen LogP contribution in [0.2, 0.25) is 5.02 Å². The standard InChI is InChI=1S/C21H16ClNO3/c22-20-14-17(10-13-21(20)23(24)25)7-6-16-8-11-19(12-9-16)26-15-18-4-2-1-3-5-18/h1-14H,15H2/b7-6+. The number of benzene rings is 3. The van der Waals surface area contributed by atoms with Gasteiger partial charge < -0.3 is 4.74 Å². The average Bonchev–Trinajstić information content (AvgIpc) is 2.66. The molecule has 0 heterocycles. The third-order valence-electron chi connectivity index (χ3n) is 3.77. The van der Waals surface area contributed by atoms with Gasteiger partial charge in [-0.2, -0.15) is 0 Å². The average molecular weight is 366 g/mol. The van der Waals surface area contributed by atoms with Crippen LogP contribution < -0.4 is 4.74 Å². The van der Waals surface area contributed by atoms with Crippen molar-refractivity contribution < 1.29 is 9.66 Å². The number of rotatable bonds is 6. The summed E-state index contributed by atoms with van der Waals surface area (Å²) in [6.45, 7) is 0.525. The zero-order valence-corrected chi connectivity index (χ0v) is 14.6. The van der Waals surface area contributed by atoms with Crippen molar-refractivity contribution in [1.29, 1.82) is 0 Å². The van der Waals surface area contributed by atoms with Crippen molar-refractivity contribution in [3.8, 4) is 5.75 Å². The molecule has 0 aliphatic rings. The summed E-state index contributed by atoms with van der Waals surface area (Å²) in [4.78, 5) is 10.3. The van der Waals surface area contributed by atoms with E-state index in [-0.39, 0.29) is 10.7 Å². The SMILES string of the molecule is O=[N+]([O-])c1ccc(/C=C/c2ccc(OCc3ccccc3)cc2)cc1Cl. The molecule has 0 aliphatic heterocycles. The van der Waals surface area contributed by atoms with Crippen molar-refractivity contribution in [3.05, 3.63) is 105 Å². The summed E-state index contributed by atoms with van der Waals surface area (Å²) in [6, 6.07) is 22.3. The summed E-state index contributed by atoms with van der Waals surface area (Å²) in [5.41, 5.74) is 2.81. The van der Waals surface area contributed by atoms with Gasteiger partial charge in [-0.15, -0.1) is 0 Å². The number of nitro benzene ring substituents is 1. The van der Waals surface area contributed by atoms with E-state index in [9.17, 15) is 10.1 Å². The van der Waals surface area contributed by atoms with Crippen molar-refractivity contribution in [3.63, 3.8) is 0 Å². The van der Waals surface area contributed by atoms with Crippen molar-refractivity contribution in [1.82, 2.24) is 0 Å². The smallest absolute Gasteiger partial charge is 0.287 e. The molecule has 0 unspecified atom stereocenters. The molecule has 26 heavy (non-hydrogen) atoms. The van der Waals surface area contributed by atoms with Crippen molar-refractivity contribution >= 4 is 29.4 Å². The second-order valence-corrected chi connectivity index (χ2v) is 6.05. The normalized spacial score (nSPS) is 10.8. The quantitative estimate of drug-likeness (QED) is 0.306. The van der Waals surface area contributed by atoms with Crippen LogP contribution in [0.25, 0.3) is 12.2 Å². The Morgan fingerprint density at radius 3 is 2.23 bits per heavy atom. The highest BCUT2D eigenvalue weighted by Gasteiger charge is 2.10. The molecule has 3 rings (SSSR count). The third kappa shape index (κ3) is 4.71. The van der Waals surface area contributed by atoms with Crippen LogP contribution in [0.1, 0.15) is 16.7 Å². The van der Waals surface area contributed by atoms with Crippen LogP contribution in [0.3, 0.4) is 0 Å². The van der Waals surface area contributed by atoms with E-state index in [2.05, 4.69) is 0 Å². The molecule has 3 aromatic carbocycles. The predicted octanol–water partition coefficient (Wildman–Crippen LogP) is 6.00. The molecule has 4 nitrogen and oxygen atoms in total. The molecule has 3 aromatic rings. The Morgan fingerprint density at radius 1 is 0.923 bits per heavy atom. The minimum atomic E-state index is -0.496. The largest absolute Gasteiger partial charge is 0.489 e. The number of halogens is 1. The van der Waals surface area contributed by atoms with E-state index in [1.807, 2.05) is 66.7 Å². The van der Waals surface area contributed by atoms with Gasteiger partial charge in [0.25, 0.3) is 5.69 Å². The first-order chi connectivity index (χ1) is 12.6. The van der Waals surface area contributed by atoms with Crippen LogP contribution >= 0.6 is 11.6 Å². The third-order valence-corrected chi connectivity index (χ3v) is 4.07. The highest BCUT2D eigenvalue weighted by molar-refractivity contribution is 6.32. The maximum Gasteiger partial charge on any atom is 0.287 e. The van der Waals surface area contributed by atoms with Gasteiger partial charge in [0, 0.05) is 6.07 Å². The molecule has 0 fully saturated rings. The molecule has 0 radical (unpaired) electrons. The first-order valence-corrected chi connectivity index (χ1v) is 8.38. The summed E-state index contributed by atoms with van der Waals surface area (Å²) in [7, 11) is 0. The van der Waals surface area contributed by atoms with Crippen LogP contribution in [0.5, 0.6) is 5.75 Å². The number of hydrogen-bond acceptors (Lipinski definition) is 3.